The molecule has 0 aliphatic carbocycles. The molecule has 88 valence electrons. The smallest absolute Gasteiger partial charge is 0.146 e. The molecule has 0 amide bonds. The zero-order chi connectivity index (χ0) is 12.3. The molecule has 5 heteroatoms. The van der Waals surface area contributed by atoms with Crippen molar-refractivity contribution >= 4 is 29.0 Å². The predicted molar refractivity (Wildman–Crippen MR) is 70.3 cm³/mol. The van der Waals surface area contributed by atoms with Gasteiger partial charge in [-0.2, -0.15) is 0 Å². The van der Waals surface area contributed by atoms with Crippen LogP contribution in [0.4, 0.5) is 5.82 Å². The topological polar surface area (TPSA) is 34.1 Å². The fraction of sp³-hybridized carbons (Fsp3) is 0.0833. The Morgan fingerprint density at radius 3 is 2.71 bits per heavy atom. The first kappa shape index (κ1) is 12.0. The van der Waals surface area contributed by atoms with Crippen LogP contribution in [0.3, 0.4) is 0 Å². The van der Waals surface area contributed by atoms with Gasteiger partial charge >= 0.3 is 0 Å². The van der Waals surface area contributed by atoms with E-state index in [1.807, 2.05) is 0 Å². The second-order valence-electron chi connectivity index (χ2n) is 3.30. The van der Waals surface area contributed by atoms with E-state index in [1.54, 1.807) is 43.6 Å². The number of ether oxygens (including phenoxy) is 1. The summed E-state index contributed by atoms with van der Waals surface area (Å²) in [6.07, 6.45) is 1.66. The van der Waals surface area contributed by atoms with E-state index in [4.69, 9.17) is 27.9 Å². The van der Waals surface area contributed by atoms with Gasteiger partial charge in [0.05, 0.1) is 5.02 Å². The van der Waals surface area contributed by atoms with Crippen LogP contribution in [-0.4, -0.2) is 12.0 Å². The van der Waals surface area contributed by atoms with Gasteiger partial charge in [0.1, 0.15) is 17.3 Å². The van der Waals surface area contributed by atoms with Gasteiger partial charge in [-0.25, -0.2) is 4.98 Å². The van der Waals surface area contributed by atoms with E-state index in [0.717, 1.165) is 5.82 Å². The van der Waals surface area contributed by atoms with Crippen molar-refractivity contribution in [3.05, 3.63) is 46.6 Å². The van der Waals surface area contributed by atoms with E-state index in [0.29, 0.717) is 21.5 Å². The van der Waals surface area contributed by atoms with Crippen LogP contribution in [0, 0.1) is 0 Å². The summed E-state index contributed by atoms with van der Waals surface area (Å²) in [5, 5.41) is 3.98. The number of halogens is 2. The monoisotopic (exact) mass is 268 g/mol. The number of rotatable bonds is 3. The van der Waals surface area contributed by atoms with Crippen LogP contribution in [-0.2, 0) is 0 Å². The van der Waals surface area contributed by atoms with Crippen LogP contribution < -0.4 is 10.1 Å². The molecule has 1 aromatic heterocycles. The Hall–Kier alpha value is -1.45. The van der Waals surface area contributed by atoms with Crippen molar-refractivity contribution in [1.29, 1.82) is 0 Å². The Morgan fingerprint density at radius 2 is 2.00 bits per heavy atom. The molecule has 0 radical (unpaired) electrons. The Kier molecular flexibility index (Phi) is 3.71. The molecule has 17 heavy (non-hydrogen) atoms. The molecule has 2 aromatic rings. The fourth-order valence-electron chi connectivity index (χ4n) is 1.30. The lowest BCUT2D eigenvalue weighted by Gasteiger charge is -2.08. The average Bonchev–Trinajstić information content (AvgIpc) is 2.33. The van der Waals surface area contributed by atoms with Crippen molar-refractivity contribution in [2.45, 2.75) is 0 Å². The minimum Gasteiger partial charge on any atom is -0.456 e. The molecule has 0 fully saturated rings. The summed E-state index contributed by atoms with van der Waals surface area (Å²) < 4.78 is 5.64. The number of benzene rings is 1. The normalized spacial score (nSPS) is 10.1. The van der Waals surface area contributed by atoms with Crippen molar-refractivity contribution in [2.24, 2.45) is 0 Å². The lowest BCUT2D eigenvalue weighted by atomic mass is 10.3. The molecule has 0 saturated heterocycles. The minimum absolute atomic E-state index is 0.473. The van der Waals surface area contributed by atoms with Crippen LogP contribution in [0.25, 0.3) is 0 Å². The molecule has 0 bridgehead atoms. The molecule has 0 aliphatic heterocycles. The van der Waals surface area contributed by atoms with Gasteiger partial charge in [0.2, 0.25) is 0 Å². The van der Waals surface area contributed by atoms with Crippen LogP contribution in [0.15, 0.2) is 36.5 Å². The number of hydrogen-bond acceptors (Lipinski definition) is 3. The largest absolute Gasteiger partial charge is 0.456 e. The molecule has 0 saturated carbocycles. The van der Waals surface area contributed by atoms with E-state index in [2.05, 4.69) is 10.3 Å². The summed E-state index contributed by atoms with van der Waals surface area (Å²) in [5.74, 6) is 1.95. The summed E-state index contributed by atoms with van der Waals surface area (Å²) in [6, 6.07) is 8.63. The second-order valence-corrected chi connectivity index (χ2v) is 4.15. The van der Waals surface area contributed by atoms with E-state index < -0.39 is 0 Å². The summed E-state index contributed by atoms with van der Waals surface area (Å²) >= 11 is 11.8. The third kappa shape index (κ3) is 3.02. The van der Waals surface area contributed by atoms with Crippen LogP contribution in [0.1, 0.15) is 0 Å². The molecule has 0 unspecified atom stereocenters. The number of nitrogens with zero attached hydrogens (tertiary/aromatic N) is 1. The highest BCUT2D eigenvalue weighted by Crippen LogP contribution is 2.31. The number of aromatic nitrogens is 1. The summed E-state index contributed by atoms with van der Waals surface area (Å²) in [5.41, 5.74) is 0. The Bertz CT molecular complexity index is 532. The molecule has 1 N–H and O–H groups in total. The first-order valence-electron chi connectivity index (χ1n) is 4.96. The molecular weight excluding hydrogens is 259 g/mol. The van der Waals surface area contributed by atoms with Crippen LogP contribution >= 0.6 is 23.2 Å². The van der Waals surface area contributed by atoms with Gasteiger partial charge in [0.15, 0.2) is 0 Å². The predicted octanol–water partition coefficient (Wildman–Crippen LogP) is 4.22. The first-order chi connectivity index (χ1) is 8.19. The van der Waals surface area contributed by atoms with Gasteiger partial charge in [0.25, 0.3) is 0 Å². The molecule has 0 atom stereocenters. The maximum atomic E-state index is 6.01. The summed E-state index contributed by atoms with van der Waals surface area (Å²) in [6.45, 7) is 0. The van der Waals surface area contributed by atoms with Crippen molar-refractivity contribution < 1.29 is 4.74 Å². The fourth-order valence-corrected chi connectivity index (χ4v) is 1.74. The van der Waals surface area contributed by atoms with Crippen molar-refractivity contribution in [3.8, 4) is 11.5 Å². The van der Waals surface area contributed by atoms with Crippen LogP contribution in [0.2, 0.25) is 10.0 Å². The van der Waals surface area contributed by atoms with Gasteiger partial charge in [-0.05, 0) is 24.3 Å². The molecule has 0 spiro atoms. The van der Waals surface area contributed by atoms with Gasteiger partial charge in [-0.1, -0.05) is 23.2 Å². The number of pyridine rings is 1. The molecule has 1 aromatic carbocycles. The Morgan fingerprint density at radius 1 is 1.18 bits per heavy atom. The summed E-state index contributed by atoms with van der Waals surface area (Å²) in [7, 11) is 1.79. The van der Waals surface area contributed by atoms with Crippen LogP contribution in [0.5, 0.6) is 11.5 Å². The number of anilines is 1. The highest BCUT2D eigenvalue weighted by molar-refractivity contribution is 6.35. The first-order valence-corrected chi connectivity index (χ1v) is 5.71. The van der Waals surface area contributed by atoms with Gasteiger partial charge in [0, 0.05) is 24.3 Å². The highest BCUT2D eigenvalue weighted by Gasteiger charge is 2.04. The highest BCUT2D eigenvalue weighted by atomic mass is 35.5. The zero-order valence-corrected chi connectivity index (χ0v) is 10.6. The quantitative estimate of drug-likeness (QED) is 0.905. The molecular formula is C12H10Cl2N2O. The molecule has 1 heterocycles. The lowest BCUT2D eigenvalue weighted by Crippen LogP contribution is -1.92. The van der Waals surface area contributed by atoms with E-state index in [-0.39, 0.29) is 0 Å². The minimum atomic E-state index is 0.473. The van der Waals surface area contributed by atoms with Crippen molar-refractivity contribution in [1.82, 2.24) is 4.98 Å². The van der Waals surface area contributed by atoms with E-state index in [9.17, 15) is 0 Å². The molecule has 2 rings (SSSR count). The Balaban J connectivity index is 2.25. The lowest BCUT2D eigenvalue weighted by molar-refractivity contribution is 0.482. The molecule has 3 nitrogen and oxygen atoms in total. The van der Waals surface area contributed by atoms with Gasteiger partial charge in [-0.15, -0.1) is 0 Å². The van der Waals surface area contributed by atoms with Crippen molar-refractivity contribution in [2.75, 3.05) is 12.4 Å². The Labute approximate surface area is 109 Å². The number of hydrogen-bond donors (Lipinski definition) is 1. The zero-order valence-electron chi connectivity index (χ0n) is 9.08. The molecule has 0 aliphatic rings. The van der Waals surface area contributed by atoms with Gasteiger partial charge in [-0.3, -0.25) is 0 Å². The standard InChI is InChI=1S/C12H10Cl2N2O/c1-15-12-7-9(4-5-16-12)17-11-3-2-8(13)6-10(11)14/h2-7H,1H3,(H,15,16). The number of nitrogens with one attached hydrogen (secondary N) is 1. The SMILES string of the molecule is CNc1cc(Oc2ccc(Cl)cc2Cl)ccn1. The van der Waals surface area contributed by atoms with E-state index in [1.165, 1.54) is 0 Å². The maximum Gasteiger partial charge on any atom is 0.146 e. The summed E-state index contributed by atoms with van der Waals surface area (Å²) in [4.78, 5) is 4.09. The van der Waals surface area contributed by atoms with Crippen molar-refractivity contribution in [3.63, 3.8) is 0 Å². The van der Waals surface area contributed by atoms with Gasteiger partial charge < -0.3 is 10.1 Å². The third-order valence-electron chi connectivity index (χ3n) is 2.11. The average molecular weight is 269 g/mol. The third-order valence-corrected chi connectivity index (χ3v) is 2.64. The van der Waals surface area contributed by atoms with E-state index >= 15 is 0 Å². The second kappa shape index (κ2) is 5.25. The maximum absolute atomic E-state index is 6.01.